The van der Waals surface area contributed by atoms with Gasteiger partial charge in [-0.25, -0.2) is 23.1 Å². The van der Waals surface area contributed by atoms with Crippen LogP contribution in [0.4, 0.5) is 5.69 Å². The van der Waals surface area contributed by atoms with Gasteiger partial charge >= 0.3 is 0 Å². The number of rotatable bonds is 4. The molecule has 0 bridgehead atoms. The van der Waals surface area contributed by atoms with Gasteiger partial charge in [0.15, 0.2) is 0 Å². The lowest BCUT2D eigenvalue weighted by Gasteiger charge is -2.32. The smallest absolute Gasteiger partial charge is 0.240 e. The van der Waals surface area contributed by atoms with Gasteiger partial charge in [-0.2, -0.15) is 0 Å². The van der Waals surface area contributed by atoms with Crippen LogP contribution in [-0.2, 0) is 26.8 Å². The largest absolute Gasteiger partial charge is 0.326 e. The fourth-order valence-corrected chi connectivity index (χ4v) is 3.75. The molecule has 1 aromatic heterocycles. The summed E-state index contributed by atoms with van der Waals surface area (Å²) in [5, 5.41) is 2.78. The van der Waals surface area contributed by atoms with Crippen LogP contribution in [0.15, 0.2) is 41.7 Å². The molecule has 0 fully saturated rings. The number of hydrogen-bond donors (Lipinski definition) is 2. The van der Waals surface area contributed by atoms with Crippen LogP contribution in [0.3, 0.4) is 0 Å². The number of nitrogens with zero attached hydrogens (tertiary/aromatic N) is 2. The summed E-state index contributed by atoms with van der Waals surface area (Å²) in [6.45, 7) is 3.94. The zero-order valence-corrected chi connectivity index (χ0v) is 14.2. The molecule has 1 aromatic carbocycles. The van der Waals surface area contributed by atoms with Crippen molar-refractivity contribution in [1.82, 2.24) is 14.7 Å². The van der Waals surface area contributed by atoms with Gasteiger partial charge in [-0.05, 0) is 29.8 Å². The third kappa shape index (κ3) is 3.29. The van der Waals surface area contributed by atoms with Crippen molar-refractivity contribution >= 4 is 21.6 Å². The molecule has 0 spiro atoms. The van der Waals surface area contributed by atoms with Gasteiger partial charge in [-0.3, -0.25) is 4.79 Å². The van der Waals surface area contributed by atoms with E-state index in [0.717, 1.165) is 5.56 Å². The number of aromatic nitrogens is 2. The number of carbonyl (C=O) groups is 1. The molecule has 2 aromatic rings. The number of sulfonamides is 1. The maximum absolute atomic E-state index is 12.5. The van der Waals surface area contributed by atoms with Crippen molar-refractivity contribution in [3.63, 3.8) is 0 Å². The Labute approximate surface area is 140 Å². The molecule has 3 rings (SSSR count). The van der Waals surface area contributed by atoms with E-state index in [1.165, 1.54) is 12.4 Å². The van der Waals surface area contributed by atoms with Gasteiger partial charge in [0.1, 0.15) is 6.33 Å². The zero-order chi connectivity index (χ0) is 17.4. The average molecular weight is 346 g/mol. The standard InChI is InChI=1S/C16H18N4O3S/c1-16(2)8-15(21)20-14-4-3-12(7-13(14)16)24(22,23)19-9-11-5-6-17-10-18-11/h3-7,10,19H,8-9H2,1-2H3,(H,20,21). The Bertz CT molecular complexity index is 879. The zero-order valence-electron chi connectivity index (χ0n) is 13.4. The molecule has 0 saturated heterocycles. The molecule has 126 valence electrons. The molecule has 1 amide bonds. The van der Waals surface area contributed by atoms with Crippen LogP contribution in [0.25, 0.3) is 0 Å². The van der Waals surface area contributed by atoms with Crippen LogP contribution < -0.4 is 10.0 Å². The van der Waals surface area contributed by atoms with Gasteiger partial charge in [0.05, 0.1) is 17.1 Å². The van der Waals surface area contributed by atoms with Crippen molar-refractivity contribution in [1.29, 1.82) is 0 Å². The lowest BCUT2D eigenvalue weighted by atomic mass is 9.78. The van der Waals surface area contributed by atoms with Crippen molar-refractivity contribution < 1.29 is 13.2 Å². The van der Waals surface area contributed by atoms with E-state index in [-0.39, 0.29) is 17.3 Å². The van der Waals surface area contributed by atoms with Crippen molar-refractivity contribution in [2.24, 2.45) is 0 Å². The molecule has 7 nitrogen and oxygen atoms in total. The van der Waals surface area contributed by atoms with Crippen molar-refractivity contribution in [2.45, 2.75) is 37.1 Å². The minimum absolute atomic E-state index is 0.0648. The number of carbonyl (C=O) groups excluding carboxylic acids is 1. The number of nitrogens with one attached hydrogen (secondary N) is 2. The molecule has 1 aliphatic heterocycles. The van der Waals surface area contributed by atoms with Crippen LogP contribution in [0.2, 0.25) is 0 Å². The van der Waals surface area contributed by atoms with E-state index in [9.17, 15) is 13.2 Å². The van der Waals surface area contributed by atoms with Crippen LogP contribution >= 0.6 is 0 Å². The van der Waals surface area contributed by atoms with Crippen molar-refractivity contribution in [3.05, 3.63) is 48.0 Å². The topological polar surface area (TPSA) is 101 Å². The van der Waals surface area contributed by atoms with Gasteiger partial charge in [0, 0.05) is 23.7 Å². The van der Waals surface area contributed by atoms with Crippen LogP contribution in [-0.4, -0.2) is 24.3 Å². The second kappa shape index (κ2) is 5.95. The molecule has 8 heteroatoms. The average Bonchev–Trinajstić information content (AvgIpc) is 2.53. The second-order valence-electron chi connectivity index (χ2n) is 6.34. The third-order valence-corrected chi connectivity index (χ3v) is 5.39. The quantitative estimate of drug-likeness (QED) is 0.875. The van der Waals surface area contributed by atoms with Crippen LogP contribution in [0.1, 0.15) is 31.5 Å². The minimum atomic E-state index is -3.68. The molecular formula is C16H18N4O3S. The Balaban J connectivity index is 1.88. The molecular weight excluding hydrogens is 328 g/mol. The van der Waals surface area contributed by atoms with Crippen molar-refractivity contribution in [2.75, 3.05) is 5.32 Å². The summed E-state index contributed by atoms with van der Waals surface area (Å²) >= 11 is 0. The Morgan fingerprint density at radius 1 is 1.29 bits per heavy atom. The fourth-order valence-electron chi connectivity index (χ4n) is 2.73. The summed E-state index contributed by atoms with van der Waals surface area (Å²) in [4.78, 5) is 19.7. The van der Waals surface area contributed by atoms with Crippen LogP contribution in [0.5, 0.6) is 0 Å². The Morgan fingerprint density at radius 3 is 2.79 bits per heavy atom. The molecule has 0 unspecified atom stereocenters. The monoisotopic (exact) mass is 346 g/mol. The van der Waals surface area contributed by atoms with Gasteiger partial charge in [0.25, 0.3) is 0 Å². The van der Waals surface area contributed by atoms with Gasteiger partial charge in [-0.1, -0.05) is 13.8 Å². The van der Waals surface area contributed by atoms with E-state index in [1.807, 2.05) is 13.8 Å². The van der Waals surface area contributed by atoms with Crippen LogP contribution in [0, 0.1) is 0 Å². The van der Waals surface area contributed by atoms with Crippen molar-refractivity contribution in [3.8, 4) is 0 Å². The number of benzene rings is 1. The van der Waals surface area contributed by atoms with E-state index in [0.29, 0.717) is 17.8 Å². The van der Waals surface area contributed by atoms with Gasteiger partial charge in [0.2, 0.25) is 15.9 Å². The summed E-state index contributed by atoms with van der Waals surface area (Å²) in [6.07, 6.45) is 3.24. The number of hydrogen-bond acceptors (Lipinski definition) is 5. The first-order chi connectivity index (χ1) is 11.3. The van der Waals surface area contributed by atoms with E-state index in [1.54, 1.807) is 24.4 Å². The molecule has 2 N–H and O–H groups in total. The Hall–Kier alpha value is -2.32. The number of fused-ring (bicyclic) bond motifs is 1. The molecule has 0 saturated carbocycles. The van der Waals surface area contributed by atoms with E-state index >= 15 is 0 Å². The summed E-state index contributed by atoms with van der Waals surface area (Å²) in [7, 11) is -3.68. The molecule has 0 aliphatic carbocycles. The normalized spacial score (nSPS) is 16.3. The van der Waals surface area contributed by atoms with Gasteiger partial charge in [-0.15, -0.1) is 0 Å². The lowest BCUT2D eigenvalue weighted by molar-refractivity contribution is -0.117. The SMILES string of the molecule is CC1(C)CC(=O)Nc2ccc(S(=O)(=O)NCc3ccncn3)cc21. The highest BCUT2D eigenvalue weighted by molar-refractivity contribution is 7.89. The maximum atomic E-state index is 12.5. The third-order valence-electron chi connectivity index (χ3n) is 3.99. The van der Waals surface area contributed by atoms with Gasteiger partial charge < -0.3 is 5.32 Å². The predicted octanol–water partition coefficient (Wildman–Crippen LogP) is 1.57. The summed E-state index contributed by atoms with van der Waals surface area (Å²) < 4.78 is 27.6. The first kappa shape index (κ1) is 16.5. The highest BCUT2D eigenvalue weighted by Gasteiger charge is 2.33. The molecule has 0 atom stereocenters. The molecule has 24 heavy (non-hydrogen) atoms. The highest BCUT2D eigenvalue weighted by Crippen LogP contribution is 2.38. The predicted molar refractivity (Wildman–Crippen MR) is 88.8 cm³/mol. The fraction of sp³-hybridized carbons (Fsp3) is 0.312. The first-order valence-electron chi connectivity index (χ1n) is 7.47. The molecule has 2 heterocycles. The Morgan fingerprint density at radius 2 is 2.08 bits per heavy atom. The second-order valence-corrected chi connectivity index (χ2v) is 8.11. The summed E-state index contributed by atoms with van der Waals surface area (Å²) in [5.74, 6) is -0.0648. The summed E-state index contributed by atoms with van der Waals surface area (Å²) in [5.41, 5.74) is 1.63. The highest BCUT2D eigenvalue weighted by atomic mass is 32.2. The summed E-state index contributed by atoms with van der Waals surface area (Å²) in [6, 6.07) is 6.39. The molecule has 0 radical (unpaired) electrons. The first-order valence-corrected chi connectivity index (χ1v) is 8.95. The Kier molecular flexibility index (Phi) is 4.10. The maximum Gasteiger partial charge on any atom is 0.240 e. The van der Waals surface area contributed by atoms with E-state index in [4.69, 9.17) is 0 Å². The lowest BCUT2D eigenvalue weighted by Crippen LogP contribution is -2.33. The number of amides is 1. The van der Waals surface area contributed by atoms with E-state index in [2.05, 4.69) is 20.0 Å². The molecule has 1 aliphatic rings. The minimum Gasteiger partial charge on any atom is -0.326 e. The van der Waals surface area contributed by atoms with E-state index < -0.39 is 15.4 Å². The number of anilines is 1.